The zero-order chi connectivity index (χ0) is 18.4. The van der Waals surface area contributed by atoms with E-state index in [4.69, 9.17) is 9.47 Å². The lowest BCUT2D eigenvalue weighted by molar-refractivity contribution is -0.00813. The van der Waals surface area contributed by atoms with Crippen molar-refractivity contribution in [1.29, 1.82) is 0 Å². The van der Waals surface area contributed by atoms with Gasteiger partial charge in [-0.2, -0.15) is 5.10 Å². The van der Waals surface area contributed by atoms with Crippen LogP contribution < -0.4 is 5.32 Å². The molecule has 2 unspecified atom stereocenters. The molecule has 0 saturated carbocycles. The summed E-state index contributed by atoms with van der Waals surface area (Å²) in [5, 5.41) is 7.80. The summed E-state index contributed by atoms with van der Waals surface area (Å²) in [7, 11) is 3.78. The molecule has 8 heteroatoms. The second-order valence-electron chi connectivity index (χ2n) is 7.20. The Balaban J connectivity index is 1.48. The minimum Gasteiger partial charge on any atom is -0.379 e. The van der Waals surface area contributed by atoms with Gasteiger partial charge in [0.25, 0.3) is 0 Å². The van der Waals surface area contributed by atoms with Gasteiger partial charge in [-0.1, -0.05) is 6.92 Å². The average Bonchev–Trinajstić information content (AvgIpc) is 3.10. The fraction of sp³-hybridized carbons (Fsp3) is 0.778. The monoisotopic (exact) mass is 364 g/mol. The van der Waals surface area contributed by atoms with Gasteiger partial charge < -0.3 is 19.7 Å². The number of aliphatic imine (C=N–C) groups is 1. The molecule has 2 atom stereocenters. The van der Waals surface area contributed by atoms with Gasteiger partial charge in [0.1, 0.15) is 6.10 Å². The summed E-state index contributed by atoms with van der Waals surface area (Å²) < 4.78 is 13.2. The van der Waals surface area contributed by atoms with Gasteiger partial charge in [0.15, 0.2) is 5.96 Å². The molecular formula is C18H32N6O2. The van der Waals surface area contributed by atoms with E-state index in [-0.39, 0.29) is 6.10 Å². The Kier molecular flexibility index (Phi) is 6.87. The normalized spacial score (nSPS) is 23.9. The molecular weight excluding hydrogens is 332 g/mol. The van der Waals surface area contributed by atoms with Crippen LogP contribution in [0.5, 0.6) is 0 Å². The van der Waals surface area contributed by atoms with E-state index in [1.807, 2.05) is 31.2 Å². The number of ether oxygens (including phenoxy) is 2. The largest absolute Gasteiger partial charge is 0.379 e. The summed E-state index contributed by atoms with van der Waals surface area (Å²) in [6.07, 6.45) is 3.95. The van der Waals surface area contributed by atoms with E-state index in [1.54, 1.807) is 0 Å². The highest BCUT2D eigenvalue weighted by molar-refractivity contribution is 5.80. The topological polar surface area (TPSA) is 67.2 Å². The Morgan fingerprint density at radius 2 is 2.15 bits per heavy atom. The van der Waals surface area contributed by atoms with Crippen molar-refractivity contribution < 1.29 is 9.47 Å². The molecule has 1 N–H and O–H groups in total. The first kappa shape index (κ1) is 19.1. The van der Waals surface area contributed by atoms with Crippen molar-refractivity contribution in [2.75, 3.05) is 66.1 Å². The van der Waals surface area contributed by atoms with Gasteiger partial charge >= 0.3 is 0 Å². The van der Waals surface area contributed by atoms with Crippen LogP contribution in [0, 0.1) is 5.92 Å². The molecule has 2 saturated heterocycles. The summed E-state index contributed by atoms with van der Waals surface area (Å²) in [5.74, 6) is 1.51. The van der Waals surface area contributed by atoms with Gasteiger partial charge in [-0.25, -0.2) is 0 Å². The summed E-state index contributed by atoms with van der Waals surface area (Å²) in [6, 6.07) is 0. The molecule has 1 aromatic rings. The molecule has 146 valence electrons. The molecule has 26 heavy (non-hydrogen) atoms. The van der Waals surface area contributed by atoms with Crippen LogP contribution in [-0.2, 0) is 16.5 Å². The van der Waals surface area contributed by atoms with Crippen LogP contribution in [0.15, 0.2) is 17.4 Å². The number of hydrogen-bond donors (Lipinski definition) is 1. The van der Waals surface area contributed by atoms with E-state index in [9.17, 15) is 0 Å². The SMILES string of the molecule is CN=C(NCC(C)CN1CCOCC1)N1CCOC(c2cnn(C)c2)C1. The molecule has 0 aromatic carbocycles. The van der Waals surface area contributed by atoms with Crippen LogP contribution in [0.1, 0.15) is 18.6 Å². The van der Waals surface area contributed by atoms with E-state index >= 15 is 0 Å². The van der Waals surface area contributed by atoms with E-state index in [1.165, 1.54) is 0 Å². The highest BCUT2D eigenvalue weighted by atomic mass is 16.5. The maximum absolute atomic E-state index is 5.93. The van der Waals surface area contributed by atoms with Crippen molar-refractivity contribution >= 4 is 5.96 Å². The number of nitrogens with zero attached hydrogens (tertiary/aromatic N) is 5. The number of nitrogens with one attached hydrogen (secondary N) is 1. The lowest BCUT2D eigenvalue weighted by atomic mass is 10.1. The maximum Gasteiger partial charge on any atom is 0.193 e. The predicted octanol–water partition coefficient (Wildman–Crippen LogP) is 0.337. The third kappa shape index (κ3) is 5.18. The number of morpholine rings is 2. The van der Waals surface area contributed by atoms with Gasteiger partial charge in [-0.15, -0.1) is 0 Å². The Bertz CT molecular complexity index is 584. The van der Waals surface area contributed by atoms with Crippen molar-refractivity contribution in [3.05, 3.63) is 18.0 Å². The summed E-state index contributed by atoms with van der Waals surface area (Å²) >= 11 is 0. The number of aryl methyl sites for hydroxylation is 1. The molecule has 2 aliphatic rings. The van der Waals surface area contributed by atoms with Crippen molar-refractivity contribution in [3.8, 4) is 0 Å². The van der Waals surface area contributed by atoms with Crippen LogP contribution in [-0.4, -0.2) is 91.7 Å². The lowest BCUT2D eigenvalue weighted by Crippen LogP contribution is -2.49. The molecule has 3 heterocycles. The van der Waals surface area contributed by atoms with Gasteiger partial charge in [0, 0.05) is 58.6 Å². The molecule has 2 fully saturated rings. The van der Waals surface area contributed by atoms with Crippen LogP contribution in [0.25, 0.3) is 0 Å². The molecule has 1 aromatic heterocycles. The Hall–Kier alpha value is -1.64. The molecule has 0 aliphatic carbocycles. The fourth-order valence-corrected chi connectivity index (χ4v) is 3.54. The van der Waals surface area contributed by atoms with E-state index in [2.05, 4.69) is 32.1 Å². The Morgan fingerprint density at radius 1 is 1.35 bits per heavy atom. The van der Waals surface area contributed by atoms with Crippen molar-refractivity contribution in [1.82, 2.24) is 24.9 Å². The minimum atomic E-state index is 0.0433. The first-order valence-electron chi connectivity index (χ1n) is 9.51. The molecule has 0 spiro atoms. The molecule has 8 nitrogen and oxygen atoms in total. The third-order valence-corrected chi connectivity index (χ3v) is 4.96. The van der Waals surface area contributed by atoms with Gasteiger partial charge in [0.2, 0.25) is 0 Å². The van der Waals surface area contributed by atoms with Crippen LogP contribution in [0.3, 0.4) is 0 Å². The fourth-order valence-electron chi connectivity index (χ4n) is 3.54. The molecule has 0 radical (unpaired) electrons. The smallest absolute Gasteiger partial charge is 0.193 e. The van der Waals surface area contributed by atoms with E-state index < -0.39 is 0 Å². The van der Waals surface area contributed by atoms with Crippen LogP contribution in [0.2, 0.25) is 0 Å². The van der Waals surface area contributed by atoms with Crippen LogP contribution in [0.4, 0.5) is 0 Å². The van der Waals surface area contributed by atoms with E-state index in [0.29, 0.717) is 12.5 Å². The number of aromatic nitrogens is 2. The third-order valence-electron chi connectivity index (χ3n) is 4.96. The highest BCUT2D eigenvalue weighted by Gasteiger charge is 2.25. The first-order chi connectivity index (χ1) is 12.7. The Labute approximate surface area is 156 Å². The molecule has 0 bridgehead atoms. The quantitative estimate of drug-likeness (QED) is 0.600. The summed E-state index contributed by atoms with van der Waals surface area (Å²) in [5.41, 5.74) is 1.12. The van der Waals surface area contributed by atoms with Crippen molar-refractivity contribution in [3.63, 3.8) is 0 Å². The highest BCUT2D eigenvalue weighted by Crippen LogP contribution is 2.21. The number of rotatable bonds is 5. The summed E-state index contributed by atoms with van der Waals surface area (Å²) in [6.45, 7) is 10.4. The van der Waals surface area contributed by atoms with Gasteiger partial charge in [0.05, 0.1) is 32.6 Å². The minimum absolute atomic E-state index is 0.0433. The zero-order valence-corrected chi connectivity index (χ0v) is 16.2. The second kappa shape index (κ2) is 9.34. The summed E-state index contributed by atoms with van der Waals surface area (Å²) in [4.78, 5) is 9.24. The average molecular weight is 364 g/mol. The molecule has 3 rings (SSSR count). The maximum atomic E-state index is 5.93. The first-order valence-corrected chi connectivity index (χ1v) is 9.51. The molecule has 0 amide bonds. The second-order valence-corrected chi connectivity index (χ2v) is 7.20. The van der Waals surface area contributed by atoms with Gasteiger partial charge in [-0.05, 0) is 5.92 Å². The molecule has 2 aliphatic heterocycles. The zero-order valence-electron chi connectivity index (χ0n) is 16.2. The standard InChI is InChI=1S/C18H32N6O2/c1-15(12-23-4-7-25-8-5-23)10-20-18(19-2)24-6-9-26-17(14-24)16-11-21-22(3)13-16/h11,13,15,17H,4-10,12,14H2,1-3H3,(H,19,20). The van der Waals surface area contributed by atoms with Crippen molar-refractivity contribution in [2.24, 2.45) is 18.0 Å². The van der Waals surface area contributed by atoms with Crippen molar-refractivity contribution in [2.45, 2.75) is 13.0 Å². The van der Waals surface area contributed by atoms with Crippen LogP contribution >= 0.6 is 0 Å². The number of hydrogen-bond acceptors (Lipinski definition) is 5. The van der Waals surface area contributed by atoms with E-state index in [0.717, 1.165) is 64.0 Å². The predicted molar refractivity (Wildman–Crippen MR) is 101 cm³/mol. The van der Waals surface area contributed by atoms with Gasteiger partial charge in [-0.3, -0.25) is 14.6 Å². The Morgan fingerprint density at radius 3 is 2.85 bits per heavy atom. The number of guanidine groups is 1. The lowest BCUT2D eigenvalue weighted by Gasteiger charge is -2.35.